The topological polar surface area (TPSA) is 156 Å². The summed E-state index contributed by atoms with van der Waals surface area (Å²) in [4.78, 5) is 17.3. The van der Waals surface area contributed by atoms with Crippen LogP contribution in [0.2, 0.25) is 0 Å². The first-order valence-electron chi connectivity index (χ1n) is 1.37. The summed E-state index contributed by atoms with van der Waals surface area (Å²) in [5.41, 5.74) is 4.03. The van der Waals surface area contributed by atoms with Crippen LogP contribution < -0.4 is 11.9 Å². The van der Waals surface area contributed by atoms with Crippen LogP contribution in [0.1, 0.15) is 1.43 Å². The highest BCUT2D eigenvalue weighted by Gasteiger charge is 1.70. The molecule has 9 heavy (non-hydrogen) atoms. The fourth-order valence-electron chi connectivity index (χ4n) is 0. The van der Waals surface area contributed by atoms with Gasteiger partial charge in [0.05, 0.1) is 0 Å². The van der Waals surface area contributed by atoms with Crippen LogP contribution >= 0.6 is 0 Å². The maximum atomic E-state index is 8.78. The van der Waals surface area contributed by atoms with E-state index < -0.39 is 12.2 Å². The molecule has 0 bridgehead atoms. The van der Waals surface area contributed by atoms with Crippen molar-refractivity contribution in [3.63, 3.8) is 0 Å². The predicted octanol–water partition coefficient (Wildman–Crippen LogP) is 0.120. The molecule has 0 saturated carbocycles. The molecule has 0 rings (SSSR count). The standard InChI is InChI=1S/CH3NO2.CH2O3.H3N/c2*2-1(3)4;/h2H2,(H,3,4);(H2,2,3,4);1H3/p+1. The van der Waals surface area contributed by atoms with Gasteiger partial charge in [0.25, 0.3) is 0 Å². The van der Waals surface area contributed by atoms with E-state index in [1.54, 1.807) is 0 Å². The van der Waals surface area contributed by atoms with Gasteiger partial charge in [0, 0.05) is 0 Å². The van der Waals surface area contributed by atoms with Crippen LogP contribution in [0, 0.1) is 0 Å². The Hall–Kier alpha value is -1.50. The lowest BCUT2D eigenvalue weighted by Gasteiger charge is -1.61. The van der Waals surface area contributed by atoms with Crippen molar-refractivity contribution in [1.82, 2.24) is 6.15 Å². The van der Waals surface area contributed by atoms with Gasteiger partial charge in [0.1, 0.15) is 0 Å². The molecule has 56 valence electrons. The number of hydrogen-bond donors (Lipinski definition) is 5. The average Bonchev–Trinajstić information content (AvgIpc) is 1.25. The van der Waals surface area contributed by atoms with Crippen LogP contribution in [0.25, 0.3) is 0 Å². The molecule has 7 nitrogen and oxygen atoms in total. The second kappa shape index (κ2) is 9.71. The van der Waals surface area contributed by atoms with E-state index in [1.807, 2.05) is 0 Å². The number of rotatable bonds is 0. The third-order valence-electron chi connectivity index (χ3n) is 0. The highest BCUT2D eigenvalue weighted by Crippen LogP contribution is 1.42. The molecule has 0 radical (unpaired) electrons. The minimum atomic E-state index is -1.83. The molecule has 1 amide bonds. The maximum absolute atomic E-state index is 8.78. The fourth-order valence-corrected chi connectivity index (χ4v) is 0. The number of amides is 1. The SMILES string of the molecule is N.NC(=O)O.O=C(O)O.[H+]. The van der Waals surface area contributed by atoms with Crippen LogP contribution in [-0.4, -0.2) is 27.6 Å². The van der Waals surface area contributed by atoms with E-state index >= 15 is 0 Å². The summed E-state index contributed by atoms with van der Waals surface area (Å²) in [5.74, 6) is 0. The minimum absolute atomic E-state index is 0. The smallest absolute Gasteiger partial charge is 0.465 e. The molecule has 0 aliphatic heterocycles. The van der Waals surface area contributed by atoms with Gasteiger partial charge in [0.2, 0.25) is 0 Å². The van der Waals surface area contributed by atoms with E-state index in [9.17, 15) is 0 Å². The zero-order valence-corrected chi connectivity index (χ0v) is 4.44. The second-order valence-corrected chi connectivity index (χ2v) is 0.621. The number of hydrogen-bond acceptors (Lipinski definition) is 3. The third-order valence-corrected chi connectivity index (χ3v) is 0. The molecule has 0 unspecified atom stereocenters. The van der Waals surface area contributed by atoms with Crippen LogP contribution in [0.15, 0.2) is 0 Å². The van der Waals surface area contributed by atoms with Crippen molar-refractivity contribution in [2.45, 2.75) is 0 Å². The van der Waals surface area contributed by atoms with Crippen LogP contribution in [0.4, 0.5) is 9.59 Å². The molecule has 0 aromatic heterocycles. The summed E-state index contributed by atoms with van der Waals surface area (Å²) in [6.07, 6.45) is -3.17. The number of carbonyl (C=O) groups is 2. The number of carboxylic acid groups (broad SMARTS) is 3. The van der Waals surface area contributed by atoms with Crippen LogP contribution in [0.3, 0.4) is 0 Å². The van der Waals surface area contributed by atoms with Crippen molar-refractivity contribution in [1.29, 1.82) is 0 Å². The number of primary amides is 1. The van der Waals surface area contributed by atoms with E-state index in [4.69, 9.17) is 24.9 Å². The lowest BCUT2D eigenvalue weighted by molar-refractivity contribution is 0.137. The van der Waals surface area contributed by atoms with Gasteiger partial charge >= 0.3 is 13.7 Å². The van der Waals surface area contributed by atoms with Gasteiger partial charge in [-0.25, -0.2) is 9.59 Å². The summed E-state index contributed by atoms with van der Waals surface area (Å²) >= 11 is 0. The predicted molar refractivity (Wildman–Crippen MR) is 29.0 cm³/mol. The molecule has 0 aromatic carbocycles. The second-order valence-electron chi connectivity index (χ2n) is 0.621. The first-order valence-corrected chi connectivity index (χ1v) is 1.37. The average molecular weight is 141 g/mol. The molecule has 0 aliphatic carbocycles. The Morgan fingerprint density at radius 2 is 1.22 bits per heavy atom. The van der Waals surface area contributed by atoms with Crippen molar-refractivity contribution >= 4 is 12.2 Å². The minimum Gasteiger partial charge on any atom is -0.465 e. The molecular weight excluding hydrogens is 132 g/mol. The largest absolute Gasteiger partial charge is 1.00 e. The Balaban J connectivity index is -0.0000000300. The summed E-state index contributed by atoms with van der Waals surface area (Å²) < 4.78 is 0. The van der Waals surface area contributed by atoms with E-state index in [-0.39, 0.29) is 7.58 Å². The molecule has 8 N–H and O–H groups in total. The first-order chi connectivity index (χ1) is 3.46. The maximum Gasteiger partial charge on any atom is 1.00 e. The van der Waals surface area contributed by atoms with Gasteiger partial charge in [-0.3, -0.25) is 0 Å². The molecule has 0 fully saturated rings. The lowest BCUT2D eigenvalue weighted by Crippen LogP contribution is -2.03. The van der Waals surface area contributed by atoms with Crippen molar-refractivity contribution in [3.8, 4) is 0 Å². The summed E-state index contributed by atoms with van der Waals surface area (Å²) in [6, 6.07) is 0. The molecular formula is C2H9N2O5+. The Kier molecular flexibility index (Phi) is 16.9. The van der Waals surface area contributed by atoms with Crippen molar-refractivity contribution < 1.29 is 26.3 Å². The molecule has 0 aromatic rings. The summed E-state index contributed by atoms with van der Waals surface area (Å²) in [5, 5.41) is 21.1. The van der Waals surface area contributed by atoms with Gasteiger partial charge in [-0.2, -0.15) is 0 Å². The lowest BCUT2D eigenvalue weighted by atomic mass is 11.3. The zero-order valence-electron chi connectivity index (χ0n) is 5.44. The van der Waals surface area contributed by atoms with Crippen molar-refractivity contribution in [3.05, 3.63) is 0 Å². The summed E-state index contributed by atoms with van der Waals surface area (Å²) in [7, 11) is 0. The first kappa shape index (κ1) is 15.6. The normalized spacial score (nSPS) is 5.33. The van der Waals surface area contributed by atoms with Gasteiger partial charge in [-0.05, 0) is 0 Å². The Morgan fingerprint density at radius 1 is 1.22 bits per heavy atom. The van der Waals surface area contributed by atoms with Gasteiger partial charge < -0.3 is 27.2 Å². The molecule has 0 aliphatic rings. The molecule has 0 saturated heterocycles. The third kappa shape index (κ3) is 58.5. The van der Waals surface area contributed by atoms with Crippen LogP contribution in [0.5, 0.6) is 0 Å². The highest BCUT2D eigenvalue weighted by molar-refractivity contribution is 5.61. The van der Waals surface area contributed by atoms with E-state index in [0.717, 1.165) is 0 Å². The van der Waals surface area contributed by atoms with E-state index in [2.05, 4.69) is 5.73 Å². The molecule has 0 spiro atoms. The van der Waals surface area contributed by atoms with E-state index in [1.165, 1.54) is 0 Å². The van der Waals surface area contributed by atoms with Gasteiger partial charge in [0.15, 0.2) is 0 Å². The Bertz CT molecular complexity index is 75.6. The monoisotopic (exact) mass is 141 g/mol. The Labute approximate surface area is 51.8 Å². The van der Waals surface area contributed by atoms with Crippen molar-refractivity contribution in [2.75, 3.05) is 0 Å². The highest BCUT2D eigenvalue weighted by atomic mass is 16.6. The Morgan fingerprint density at radius 3 is 1.22 bits per heavy atom. The van der Waals surface area contributed by atoms with Gasteiger partial charge in [-0.15, -0.1) is 0 Å². The molecule has 0 heterocycles. The van der Waals surface area contributed by atoms with E-state index in [0.29, 0.717) is 0 Å². The van der Waals surface area contributed by atoms with Crippen LogP contribution in [-0.2, 0) is 0 Å². The number of nitrogens with two attached hydrogens (primary N) is 1. The summed E-state index contributed by atoms with van der Waals surface area (Å²) in [6.45, 7) is 0. The van der Waals surface area contributed by atoms with Crippen molar-refractivity contribution in [2.24, 2.45) is 5.73 Å². The zero-order chi connectivity index (χ0) is 7.15. The molecule has 7 heteroatoms. The molecule has 0 atom stereocenters. The quantitative estimate of drug-likeness (QED) is 0.322. The fraction of sp³-hybridized carbons (Fsp3) is 0. The van der Waals surface area contributed by atoms with Gasteiger partial charge in [-0.1, -0.05) is 0 Å².